The molecule has 14 heteroatoms. The average Bonchev–Trinajstić information content (AvgIpc) is 3.20. The minimum absolute atomic E-state index is 0.00600. The molecular weight excluding hydrogens is 492 g/mol. The van der Waals surface area contributed by atoms with Gasteiger partial charge in [-0.15, -0.1) is 0 Å². The lowest BCUT2D eigenvalue weighted by molar-refractivity contribution is -0.00224. The molecule has 1 saturated heterocycles. The summed E-state index contributed by atoms with van der Waals surface area (Å²) in [5.41, 5.74) is -0.541. The van der Waals surface area contributed by atoms with Crippen LogP contribution in [0.5, 0.6) is 0 Å². The quantitative estimate of drug-likeness (QED) is 0.523. The molecule has 2 amide bonds. The highest BCUT2D eigenvalue weighted by Crippen LogP contribution is 2.39. The highest BCUT2D eigenvalue weighted by Gasteiger charge is 2.50. The highest BCUT2D eigenvalue weighted by molar-refractivity contribution is 7.88. The Morgan fingerprint density at radius 2 is 1.94 bits per heavy atom. The van der Waals surface area contributed by atoms with Crippen molar-refractivity contribution in [3.05, 3.63) is 47.0 Å². The number of nitrogens with zero attached hydrogens (tertiary/aromatic N) is 2. The lowest BCUT2D eigenvalue weighted by Crippen LogP contribution is -2.46. The van der Waals surface area contributed by atoms with Crippen LogP contribution in [-0.4, -0.2) is 55.8 Å². The summed E-state index contributed by atoms with van der Waals surface area (Å²) >= 11 is 6.03. The molecule has 0 radical (unpaired) electrons. The zero-order valence-corrected chi connectivity index (χ0v) is 18.3. The molecule has 2 aromatic carbocycles. The number of urea groups is 1. The van der Waals surface area contributed by atoms with Gasteiger partial charge in [-0.2, -0.15) is 0 Å². The van der Waals surface area contributed by atoms with Crippen LogP contribution in [-0.2, 0) is 10.0 Å². The number of carbonyl (C=O) groups is 1. The van der Waals surface area contributed by atoms with Crippen LogP contribution >= 0.6 is 11.6 Å². The van der Waals surface area contributed by atoms with Crippen LogP contribution in [0.1, 0.15) is 0 Å². The van der Waals surface area contributed by atoms with E-state index in [0.29, 0.717) is 4.90 Å². The van der Waals surface area contributed by atoms with Crippen molar-refractivity contribution in [1.82, 2.24) is 14.8 Å². The third-order valence-corrected chi connectivity index (χ3v) is 5.89. The number of alkyl halides is 2. The maximum absolute atomic E-state index is 14.4. The minimum Gasteiger partial charge on any atom is -0.354 e. The van der Waals surface area contributed by atoms with Crippen molar-refractivity contribution in [3.8, 4) is 11.1 Å². The number of benzene rings is 2. The minimum atomic E-state index is -3.95. The monoisotopic (exact) mass is 506 g/mol. The van der Waals surface area contributed by atoms with E-state index in [1.165, 1.54) is 18.2 Å². The topological polar surface area (TPSA) is 105 Å². The first-order valence-electron chi connectivity index (χ1n) is 9.30. The zero-order chi connectivity index (χ0) is 24.1. The molecule has 1 fully saturated rings. The Morgan fingerprint density at radius 3 is 2.58 bits per heavy atom. The van der Waals surface area contributed by atoms with E-state index in [9.17, 15) is 30.8 Å². The summed E-state index contributed by atoms with van der Waals surface area (Å²) in [4.78, 5) is 13.3. The predicted octanol–water partition coefficient (Wildman–Crippen LogP) is 3.83. The first-order chi connectivity index (χ1) is 15.4. The number of fused-ring (bicyclic) bond motifs is 1. The van der Waals surface area contributed by atoms with Gasteiger partial charge in [-0.1, -0.05) is 22.8 Å². The first kappa shape index (κ1) is 23.3. The van der Waals surface area contributed by atoms with Gasteiger partial charge in [0.15, 0.2) is 11.4 Å². The molecule has 1 aliphatic heterocycles. The molecule has 1 atom stereocenters. The van der Waals surface area contributed by atoms with Crippen molar-refractivity contribution in [2.24, 2.45) is 0 Å². The molecule has 1 aromatic heterocycles. The van der Waals surface area contributed by atoms with Crippen LogP contribution in [0.3, 0.4) is 0 Å². The van der Waals surface area contributed by atoms with Crippen molar-refractivity contribution >= 4 is 44.4 Å². The van der Waals surface area contributed by atoms with E-state index in [2.05, 4.69) is 10.5 Å². The predicted molar refractivity (Wildman–Crippen MR) is 112 cm³/mol. The normalized spacial score (nSPS) is 18.1. The van der Waals surface area contributed by atoms with Gasteiger partial charge >= 0.3 is 6.03 Å². The number of likely N-dealkylation sites (tertiary alicyclic amines) is 1. The Bertz CT molecular complexity index is 1350. The molecule has 3 aromatic rings. The summed E-state index contributed by atoms with van der Waals surface area (Å²) < 4.78 is 86.9. The van der Waals surface area contributed by atoms with E-state index in [1.807, 2.05) is 0 Å². The van der Waals surface area contributed by atoms with Gasteiger partial charge in [0.05, 0.1) is 23.8 Å². The number of halogens is 5. The van der Waals surface area contributed by atoms with Crippen molar-refractivity contribution in [1.29, 1.82) is 0 Å². The van der Waals surface area contributed by atoms with Gasteiger partial charge in [0.2, 0.25) is 10.0 Å². The van der Waals surface area contributed by atoms with Crippen LogP contribution in [0, 0.1) is 11.6 Å². The van der Waals surface area contributed by atoms with Gasteiger partial charge in [0, 0.05) is 23.2 Å². The number of aromatic nitrogens is 1. The van der Waals surface area contributed by atoms with Crippen LogP contribution in [0.15, 0.2) is 34.9 Å². The number of hydrogen-bond acceptors (Lipinski definition) is 5. The fraction of sp³-hybridized carbons (Fsp3) is 0.263. The number of hydrogen-bond donors (Lipinski definition) is 2. The molecular formula is C19H15ClF4N4O4S. The molecule has 33 heavy (non-hydrogen) atoms. The number of sulfonamides is 1. The molecule has 0 aliphatic carbocycles. The molecule has 8 nitrogen and oxygen atoms in total. The lowest BCUT2D eigenvalue weighted by atomic mass is 10.0. The largest absolute Gasteiger partial charge is 0.354 e. The molecule has 176 valence electrons. The third-order valence-electron chi connectivity index (χ3n) is 4.95. The Morgan fingerprint density at radius 1 is 1.27 bits per heavy atom. The van der Waals surface area contributed by atoms with Gasteiger partial charge < -0.3 is 9.42 Å². The van der Waals surface area contributed by atoms with Crippen LogP contribution in [0.25, 0.3) is 22.1 Å². The standard InChI is InChI=1S/C19H15ClF4N4O4S/c1-33(30,31)27-14-7-28(8-19(14,23)24)18(29)25-17-16-10(5-9(20)6-13(16)32-26-17)15-11(21)3-2-4-12(15)22/h2-6,14,27H,7-8H2,1H3,(H,25,26,29)/t14-/m1/s1. The summed E-state index contributed by atoms with van der Waals surface area (Å²) in [5.74, 6) is -5.63. The molecule has 1 aliphatic rings. The van der Waals surface area contributed by atoms with Crippen molar-refractivity contribution in [3.63, 3.8) is 0 Å². The molecule has 0 bridgehead atoms. The van der Waals surface area contributed by atoms with Gasteiger partial charge in [-0.05, 0) is 18.2 Å². The van der Waals surface area contributed by atoms with Gasteiger partial charge in [0.25, 0.3) is 5.92 Å². The van der Waals surface area contributed by atoms with Crippen molar-refractivity contribution in [2.75, 3.05) is 24.7 Å². The van der Waals surface area contributed by atoms with Crippen LogP contribution in [0.2, 0.25) is 5.02 Å². The van der Waals surface area contributed by atoms with E-state index in [4.69, 9.17) is 16.1 Å². The second kappa shape index (κ2) is 8.15. The fourth-order valence-corrected chi connectivity index (χ4v) is 4.55. The fourth-order valence-electron chi connectivity index (χ4n) is 3.58. The molecule has 2 N–H and O–H groups in total. The van der Waals surface area contributed by atoms with E-state index >= 15 is 0 Å². The molecule has 4 rings (SSSR count). The summed E-state index contributed by atoms with van der Waals surface area (Å²) in [7, 11) is -3.95. The Hall–Kier alpha value is -2.90. The Balaban J connectivity index is 1.69. The van der Waals surface area contributed by atoms with E-state index in [1.54, 1.807) is 4.72 Å². The van der Waals surface area contributed by atoms with E-state index in [0.717, 1.165) is 18.4 Å². The number of anilines is 1. The van der Waals surface area contributed by atoms with E-state index in [-0.39, 0.29) is 27.4 Å². The molecule has 0 spiro atoms. The second-order valence-electron chi connectivity index (χ2n) is 7.47. The van der Waals surface area contributed by atoms with Gasteiger partial charge in [0.1, 0.15) is 17.7 Å². The maximum atomic E-state index is 14.4. The van der Waals surface area contributed by atoms with Gasteiger partial charge in [-0.3, -0.25) is 5.32 Å². The molecule has 0 unspecified atom stereocenters. The summed E-state index contributed by atoms with van der Waals surface area (Å²) in [5, 5.41) is 6.02. The lowest BCUT2D eigenvalue weighted by Gasteiger charge is -2.16. The Kier molecular flexibility index (Phi) is 5.75. The summed E-state index contributed by atoms with van der Waals surface area (Å²) in [6.07, 6.45) is 0.724. The third kappa shape index (κ3) is 4.61. The van der Waals surface area contributed by atoms with Crippen molar-refractivity contribution in [2.45, 2.75) is 12.0 Å². The maximum Gasteiger partial charge on any atom is 0.323 e. The molecule has 0 saturated carbocycles. The van der Waals surface area contributed by atoms with Crippen LogP contribution < -0.4 is 10.0 Å². The van der Waals surface area contributed by atoms with Crippen molar-refractivity contribution < 1.29 is 35.3 Å². The zero-order valence-electron chi connectivity index (χ0n) is 16.7. The summed E-state index contributed by atoms with van der Waals surface area (Å²) in [6, 6.07) is 2.90. The molecule has 2 heterocycles. The van der Waals surface area contributed by atoms with Gasteiger partial charge in [-0.25, -0.2) is 35.5 Å². The smallest absolute Gasteiger partial charge is 0.323 e. The average molecular weight is 507 g/mol. The first-order valence-corrected chi connectivity index (χ1v) is 11.6. The highest BCUT2D eigenvalue weighted by atomic mass is 35.5. The number of rotatable bonds is 4. The number of nitrogens with one attached hydrogen (secondary N) is 2. The SMILES string of the molecule is CS(=O)(=O)N[C@@H]1CN(C(=O)Nc2noc3cc(Cl)cc(-c4c(F)cccc4F)c23)CC1(F)F. The number of amides is 2. The summed E-state index contributed by atoms with van der Waals surface area (Å²) in [6.45, 7) is -1.69. The number of carbonyl (C=O) groups excluding carboxylic acids is 1. The van der Waals surface area contributed by atoms with E-state index < -0.39 is 58.3 Å². The Labute approximate surface area is 189 Å². The second-order valence-corrected chi connectivity index (χ2v) is 9.69. The van der Waals surface area contributed by atoms with Crippen LogP contribution in [0.4, 0.5) is 28.2 Å².